The quantitative estimate of drug-likeness (QED) is 0.0798. The van der Waals surface area contributed by atoms with Crippen LogP contribution in [0.3, 0.4) is 0 Å². The summed E-state index contributed by atoms with van der Waals surface area (Å²) < 4.78 is 0. The van der Waals surface area contributed by atoms with Crippen LogP contribution in [0, 0.1) is 0 Å². The fraction of sp³-hybridized carbons (Fsp3) is 0.946. The molecule has 39 heavy (non-hydrogen) atoms. The molecule has 1 unspecified atom stereocenters. The van der Waals surface area contributed by atoms with Gasteiger partial charge in [-0.25, -0.2) is 0 Å². The van der Waals surface area contributed by atoms with Crippen molar-refractivity contribution in [2.24, 2.45) is 0 Å². The van der Waals surface area contributed by atoms with Crippen LogP contribution in [0.25, 0.3) is 0 Å². The summed E-state index contributed by atoms with van der Waals surface area (Å²) in [6, 6.07) is 0. The van der Waals surface area contributed by atoms with Crippen LogP contribution in [0.15, 0.2) is 12.4 Å². The molecule has 1 aliphatic heterocycles. The Morgan fingerprint density at radius 2 is 0.615 bits per heavy atom. The molecule has 0 fully saturated rings. The smallest absolute Gasteiger partial charge is 0.101 e. The predicted molar refractivity (Wildman–Crippen MR) is 177 cm³/mol. The first-order chi connectivity index (χ1) is 19.3. The molecule has 0 bridgehead atoms. The van der Waals surface area contributed by atoms with Gasteiger partial charge in [-0.3, -0.25) is 0 Å². The third kappa shape index (κ3) is 21.7. The highest BCUT2D eigenvalue weighted by molar-refractivity contribution is 4.96. The predicted octanol–water partition coefficient (Wildman–Crippen LogP) is 12.8. The second-order valence-electron chi connectivity index (χ2n) is 12.9. The topological polar surface area (TPSA) is 6.48 Å². The summed E-state index contributed by atoms with van der Waals surface area (Å²) in [5.41, 5.74) is 0. The van der Waals surface area contributed by atoms with Crippen molar-refractivity contribution in [3.05, 3.63) is 12.4 Å². The van der Waals surface area contributed by atoms with Crippen LogP contribution in [0.5, 0.6) is 0 Å². The van der Waals surface area contributed by atoms with Crippen LogP contribution in [0.4, 0.5) is 0 Å². The molecule has 1 rings (SSSR count). The molecule has 0 saturated heterocycles. The minimum atomic E-state index is 0.640. The van der Waals surface area contributed by atoms with E-state index in [1.165, 1.54) is 199 Å². The van der Waals surface area contributed by atoms with E-state index in [9.17, 15) is 0 Å². The van der Waals surface area contributed by atoms with Crippen molar-refractivity contribution >= 4 is 0 Å². The summed E-state index contributed by atoms with van der Waals surface area (Å²) in [7, 11) is 0. The maximum atomic E-state index is 2.69. The molecule has 1 aliphatic rings. The Morgan fingerprint density at radius 3 is 0.974 bits per heavy atom. The third-order valence-electron chi connectivity index (χ3n) is 9.07. The zero-order chi connectivity index (χ0) is 28.1. The summed E-state index contributed by atoms with van der Waals surface area (Å²) in [5, 5.41) is 0. The molecule has 0 radical (unpaired) electrons. The Labute approximate surface area is 248 Å². The lowest BCUT2D eigenvalue weighted by Gasteiger charge is -2.33. The van der Waals surface area contributed by atoms with Gasteiger partial charge in [0.15, 0.2) is 0 Å². The van der Waals surface area contributed by atoms with E-state index in [1.807, 2.05) is 0 Å². The second-order valence-corrected chi connectivity index (χ2v) is 12.9. The summed E-state index contributed by atoms with van der Waals surface area (Å²) in [6.07, 6.45) is 47.0. The molecule has 0 N–H and O–H groups in total. The van der Waals surface area contributed by atoms with Crippen molar-refractivity contribution in [1.82, 2.24) is 9.80 Å². The minimum Gasteiger partial charge on any atom is -0.356 e. The van der Waals surface area contributed by atoms with Gasteiger partial charge in [-0.05, 0) is 25.7 Å². The highest BCUT2D eigenvalue weighted by Crippen LogP contribution is 2.24. The van der Waals surface area contributed by atoms with Gasteiger partial charge in [0.25, 0.3) is 0 Å². The van der Waals surface area contributed by atoms with Crippen molar-refractivity contribution in [3.63, 3.8) is 0 Å². The molecule has 2 nitrogen and oxygen atoms in total. The van der Waals surface area contributed by atoms with Gasteiger partial charge < -0.3 is 9.80 Å². The van der Waals surface area contributed by atoms with Crippen LogP contribution in [-0.4, -0.2) is 29.1 Å². The molecule has 1 heterocycles. The van der Waals surface area contributed by atoms with Gasteiger partial charge in [0.1, 0.15) is 6.17 Å². The van der Waals surface area contributed by atoms with E-state index in [2.05, 4.69) is 43.0 Å². The molecule has 1 atom stereocenters. The van der Waals surface area contributed by atoms with Gasteiger partial charge >= 0.3 is 0 Å². The van der Waals surface area contributed by atoms with Crippen molar-refractivity contribution in [1.29, 1.82) is 0 Å². The maximum Gasteiger partial charge on any atom is 0.101 e. The Balaban J connectivity index is 2.05. The Hall–Kier alpha value is -0.660. The summed E-state index contributed by atoms with van der Waals surface area (Å²) in [4.78, 5) is 5.35. The molecule has 0 aromatic heterocycles. The normalized spacial score (nSPS) is 15.2. The van der Waals surface area contributed by atoms with E-state index in [-0.39, 0.29) is 0 Å². The van der Waals surface area contributed by atoms with E-state index in [0.717, 1.165) is 0 Å². The van der Waals surface area contributed by atoms with Gasteiger partial charge in [-0.15, -0.1) is 0 Å². The standard InChI is InChI=1S/C37H74N2/c1-4-7-10-12-14-16-18-20-22-24-26-28-30-32-37-38(33-9-6-3)35-36-39(37)34-31-29-27-25-23-21-19-17-15-13-11-8-5-2/h35-37H,4-34H2,1-3H3. The molecule has 2 heteroatoms. The lowest BCUT2D eigenvalue weighted by atomic mass is 10.0. The summed E-state index contributed by atoms with van der Waals surface area (Å²) in [5.74, 6) is 0. The molecule has 0 spiro atoms. The molecular weight excluding hydrogens is 472 g/mol. The van der Waals surface area contributed by atoms with Crippen LogP contribution < -0.4 is 0 Å². The number of hydrogen-bond donors (Lipinski definition) is 0. The molecule has 0 aromatic carbocycles. The Kier molecular flexibility index (Phi) is 26.9. The number of rotatable bonds is 31. The lowest BCUT2D eigenvalue weighted by Crippen LogP contribution is -2.39. The minimum absolute atomic E-state index is 0.640. The fourth-order valence-electron chi connectivity index (χ4n) is 6.34. The van der Waals surface area contributed by atoms with E-state index >= 15 is 0 Å². The average Bonchev–Trinajstić information content (AvgIpc) is 3.33. The fourth-order valence-corrected chi connectivity index (χ4v) is 6.34. The number of unbranched alkanes of at least 4 members (excludes halogenated alkanes) is 25. The Bertz CT molecular complexity index is 502. The van der Waals surface area contributed by atoms with Crippen LogP contribution in [0.1, 0.15) is 207 Å². The van der Waals surface area contributed by atoms with Gasteiger partial charge in [0, 0.05) is 25.5 Å². The maximum absolute atomic E-state index is 2.69. The SMILES string of the molecule is CCCCCCCCCCCCCCCC1N(CCCC)C=CN1CCCCCCCCCCCCCCC. The van der Waals surface area contributed by atoms with Crippen molar-refractivity contribution < 1.29 is 0 Å². The molecule has 0 amide bonds. The van der Waals surface area contributed by atoms with Gasteiger partial charge in [-0.2, -0.15) is 0 Å². The highest BCUT2D eigenvalue weighted by Gasteiger charge is 2.24. The van der Waals surface area contributed by atoms with E-state index in [1.54, 1.807) is 0 Å². The van der Waals surface area contributed by atoms with Gasteiger partial charge in [0.2, 0.25) is 0 Å². The molecular formula is C37H74N2. The first-order valence-corrected chi connectivity index (χ1v) is 18.5. The van der Waals surface area contributed by atoms with Crippen LogP contribution in [0.2, 0.25) is 0 Å². The Morgan fingerprint density at radius 1 is 0.333 bits per heavy atom. The zero-order valence-corrected chi connectivity index (χ0v) is 27.5. The van der Waals surface area contributed by atoms with Crippen molar-refractivity contribution in [2.45, 2.75) is 213 Å². The van der Waals surface area contributed by atoms with E-state index < -0.39 is 0 Å². The first-order valence-electron chi connectivity index (χ1n) is 18.5. The average molecular weight is 547 g/mol. The first kappa shape index (κ1) is 36.4. The zero-order valence-electron chi connectivity index (χ0n) is 27.5. The van der Waals surface area contributed by atoms with Gasteiger partial charge in [-0.1, -0.05) is 181 Å². The monoisotopic (exact) mass is 547 g/mol. The number of nitrogens with zero attached hydrogens (tertiary/aromatic N) is 2. The van der Waals surface area contributed by atoms with E-state index in [4.69, 9.17) is 0 Å². The highest BCUT2D eigenvalue weighted by atomic mass is 15.4. The van der Waals surface area contributed by atoms with Gasteiger partial charge in [0.05, 0.1) is 0 Å². The van der Waals surface area contributed by atoms with Crippen molar-refractivity contribution in [3.8, 4) is 0 Å². The van der Waals surface area contributed by atoms with E-state index in [0.29, 0.717) is 6.17 Å². The number of hydrogen-bond acceptors (Lipinski definition) is 2. The largest absolute Gasteiger partial charge is 0.356 e. The molecule has 232 valence electrons. The second kappa shape index (κ2) is 28.9. The summed E-state index contributed by atoms with van der Waals surface area (Å²) >= 11 is 0. The van der Waals surface area contributed by atoms with Crippen molar-refractivity contribution in [2.75, 3.05) is 13.1 Å². The molecule has 0 saturated carbocycles. The lowest BCUT2D eigenvalue weighted by molar-refractivity contribution is 0.136. The van der Waals surface area contributed by atoms with Crippen LogP contribution in [-0.2, 0) is 0 Å². The third-order valence-corrected chi connectivity index (χ3v) is 9.07. The van der Waals surface area contributed by atoms with Crippen LogP contribution >= 0.6 is 0 Å². The summed E-state index contributed by atoms with van der Waals surface area (Å²) in [6.45, 7) is 9.45. The molecule has 0 aromatic rings. The molecule has 0 aliphatic carbocycles.